The summed E-state index contributed by atoms with van der Waals surface area (Å²) in [6.45, 7) is 1.49. The van der Waals surface area contributed by atoms with Crippen LogP contribution in [0.2, 0.25) is 0 Å². The van der Waals surface area contributed by atoms with Crippen molar-refractivity contribution in [2.24, 2.45) is 0 Å². The van der Waals surface area contributed by atoms with Gasteiger partial charge >= 0.3 is 11.9 Å². The van der Waals surface area contributed by atoms with Crippen molar-refractivity contribution in [3.63, 3.8) is 0 Å². The lowest BCUT2D eigenvalue weighted by Gasteiger charge is -2.24. The molecule has 2 rings (SSSR count). The van der Waals surface area contributed by atoms with Gasteiger partial charge in [0.05, 0.1) is 24.6 Å². The number of aliphatic carboxylic acids is 1. The molecule has 0 radical (unpaired) electrons. The maximum Gasteiger partial charge on any atom is 0.326 e. The molecule has 0 saturated carbocycles. The van der Waals surface area contributed by atoms with E-state index in [1.54, 1.807) is 6.92 Å². The lowest BCUT2D eigenvalue weighted by atomic mass is 9.88. The van der Waals surface area contributed by atoms with Crippen LogP contribution in [0.4, 0.5) is 5.69 Å². The van der Waals surface area contributed by atoms with E-state index < -0.39 is 34.7 Å². The minimum atomic E-state index is -1.48. The molecule has 0 unspecified atom stereocenters. The largest absolute Gasteiger partial charge is 0.480 e. The topological polar surface area (TPSA) is 145 Å². The molecule has 2 atom stereocenters. The summed E-state index contributed by atoms with van der Waals surface area (Å²) in [4.78, 5) is 46.7. The predicted octanol–water partition coefficient (Wildman–Crippen LogP) is 2.42. The first-order valence-corrected chi connectivity index (χ1v) is 9.85. The summed E-state index contributed by atoms with van der Waals surface area (Å²) >= 11 is 0. The summed E-state index contributed by atoms with van der Waals surface area (Å²) in [5, 5.41) is 23.0. The second-order valence-electron chi connectivity index (χ2n) is 6.83. The van der Waals surface area contributed by atoms with Gasteiger partial charge in [-0.15, -0.1) is 0 Å². The predicted molar refractivity (Wildman–Crippen MR) is 113 cm³/mol. The van der Waals surface area contributed by atoms with Crippen molar-refractivity contribution >= 4 is 23.5 Å². The Labute approximate surface area is 184 Å². The van der Waals surface area contributed by atoms with Gasteiger partial charge in [0, 0.05) is 18.1 Å². The van der Waals surface area contributed by atoms with E-state index in [2.05, 4.69) is 5.32 Å². The zero-order chi connectivity index (χ0) is 23.5. The molecule has 1 amide bonds. The minimum Gasteiger partial charge on any atom is -0.480 e. The molecule has 10 nitrogen and oxygen atoms in total. The van der Waals surface area contributed by atoms with Crippen LogP contribution in [0.15, 0.2) is 54.6 Å². The average molecular weight is 444 g/mol. The number of amides is 1. The molecular formula is C22H24N2O8. The summed E-state index contributed by atoms with van der Waals surface area (Å²) in [7, 11) is 0. The van der Waals surface area contributed by atoms with Gasteiger partial charge < -0.3 is 19.9 Å². The van der Waals surface area contributed by atoms with Gasteiger partial charge in [-0.2, -0.15) is 0 Å². The van der Waals surface area contributed by atoms with Crippen LogP contribution in [0.3, 0.4) is 0 Å². The first-order chi connectivity index (χ1) is 15.3. The number of benzene rings is 2. The Morgan fingerprint density at radius 3 is 2.31 bits per heavy atom. The van der Waals surface area contributed by atoms with Gasteiger partial charge in [-0.25, -0.2) is 4.79 Å². The van der Waals surface area contributed by atoms with Crippen LogP contribution in [-0.2, 0) is 30.5 Å². The number of nitro groups is 1. The summed E-state index contributed by atoms with van der Waals surface area (Å²) in [5.41, 5.74) is 0.997. The standard InChI is InChI=1S/C22H24N2O8/c1-2-32-20(26)12-18(16-8-10-17(11-9-16)24(29)30)21(22(27)28)23-19(25)14-31-13-15-6-4-3-5-7-15/h3-11,18,21H,2,12-14H2,1H3,(H,23,25)(H,27,28)/t18-,21-/m1/s1. The van der Waals surface area contributed by atoms with Crippen molar-refractivity contribution in [3.05, 3.63) is 75.8 Å². The molecule has 0 spiro atoms. The Morgan fingerprint density at radius 1 is 1.09 bits per heavy atom. The van der Waals surface area contributed by atoms with Gasteiger partial charge in [-0.3, -0.25) is 19.7 Å². The lowest BCUT2D eigenvalue weighted by molar-refractivity contribution is -0.384. The third-order valence-corrected chi connectivity index (χ3v) is 4.55. The third kappa shape index (κ3) is 7.47. The third-order valence-electron chi connectivity index (χ3n) is 4.55. The molecule has 0 fully saturated rings. The fourth-order valence-corrected chi connectivity index (χ4v) is 3.06. The first kappa shape index (κ1) is 24.5. The SMILES string of the molecule is CCOC(=O)C[C@H](c1ccc([N+](=O)[O-])cc1)[C@@H](NC(=O)COCc1ccccc1)C(=O)O. The van der Waals surface area contributed by atoms with Crippen LogP contribution < -0.4 is 5.32 Å². The second kappa shape index (κ2) is 12.2. The molecule has 0 heterocycles. The van der Waals surface area contributed by atoms with Crippen molar-refractivity contribution < 1.29 is 33.9 Å². The molecular weight excluding hydrogens is 420 g/mol. The number of nitrogens with one attached hydrogen (secondary N) is 1. The summed E-state index contributed by atoms with van der Waals surface area (Å²) in [6, 6.07) is 12.8. The number of carbonyl (C=O) groups is 3. The highest BCUT2D eigenvalue weighted by molar-refractivity contribution is 5.86. The number of hydrogen-bond acceptors (Lipinski definition) is 7. The summed E-state index contributed by atoms with van der Waals surface area (Å²) in [6.07, 6.45) is -0.340. The van der Waals surface area contributed by atoms with Crippen molar-refractivity contribution in [1.29, 1.82) is 0 Å². The molecule has 2 aromatic carbocycles. The van der Waals surface area contributed by atoms with Crippen LogP contribution in [-0.4, -0.2) is 47.1 Å². The molecule has 2 aromatic rings. The van der Waals surface area contributed by atoms with Crippen LogP contribution in [0.5, 0.6) is 0 Å². The molecule has 32 heavy (non-hydrogen) atoms. The highest BCUT2D eigenvalue weighted by Crippen LogP contribution is 2.27. The molecule has 0 aliphatic heterocycles. The van der Waals surface area contributed by atoms with Gasteiger partial charge in [0.15, 0.2) is 0 Å². The zero-order valence-corrected chi connectivity index (χ0v) is 17.4. The zero-order valence-electron chi connectivity index (χ0n) is 17.4. The van der Waals surface area contributed by atoms with Crippen LogP contribution in [0.1, 0.15) is 30.4 Å². The second-order valence-corrected chi connectivity index (χ2v) is 6.83. The number of non-ortho nitro benzene ring substituents is 1. The van der Waals surface area contributed by atoms with Crippen LogP contribution in [0.25, 0.3) is 0 Å². The quantitative estimate of drug-likeness (QED) is 0.288. The number of ether oxygens (including phenoxy) is 2. The highest BCUT2D eigenvalue weighted by atomic mass is 16.6. The van der Waals surface area contributed by atoms with E-state index in [9.17, 15) is 29.6 Å². The summed E-state index contributed by atoms with van der Waals surface area (Å²) < 4.78 is 10.3. The molecule has 0 saturated heterocycles. The summed E-state index contributed by atoms with van der Waals surface area (Å²) in [5.74, 6) is -3.71. The number of carboxylic acids is 1. The number of rotatable bonds is 12. The molecule has 0 aliphatic rings. The Hall–Kier alpha value is -3.79. The van der Waals surface area contributed by atoms with Gasteiger partial charge in [-0.05, 0) is 18.1 Å². The van der Waals surface area contributed by atoms with Crippen molar-refractivity contribution in [1.82, 2.24) is 5.32 Å². The van der Waals surface area contributed by atoms with Crippen molar-refractivity contribution in [3.8, 4) is 0 Å². The van der Waals surface area contributed by atoms with Crippen molar-refractivity contribution in [2.45, 2.75) is 31.9 Å². The lowest BCUT2D eigenvalue weighted by Crippen LogP contribution is -2.46. The Bertz CT molecular complexity index is 931. The smallest absolute Gasteiger partial charge is 0.326 e. The van der Waals surface area contributed by atoms with Gasteiger partial charge in [0.1, 0.15) is 12.6 Å². The van der Waals surface area contributed by atoms with E-state index in [1.165, 1.54) is 24.3 Å². The van der Waals surface area contributed by atoms with Crippen LogP contribution >= 0.6 is 0 Å². The maximum absolute atomic E-state index is 12.3. The Kier molecular flexibility index (Phi) is 9.30. The minimum absolute atomic E-state index is 0.100. The van der Waals surface area contributed by atoms with E-state index in [1.807, 2.05) is 30.3 Å². The number of nitro benzene ring substituents is 1. The number of hydrogen-bond donors (Lipinski definition) is 2. The van der Waals surface area contributed by atoms with E-state index in [0.717, 1.165) is 5.56 Å². The molecule has 0 aliphatic carbocycles. The number of carbonyl (C=O) groups excluding carboxylic acids is 2. The maximum atomic E-state index is 12.3. The molecule has 170 valence electrons. The normalized spacial score (nSPS) is 12.4. The van der Waals surface area contributed by atoms with Gasteiger partial charge in [0.2, 0.25) is 5.91 Å². The van der Waals surface area contributed by atoms with E-state index in [-0.39, 0.29) is 31.9 Å². The Morgan fingerprint density at radius 2 is 1.75 bits per heavy atom. The van der Waals surface area contributed by atoms with E-state index >= 15 is 0 Å². The monoisotopic (exact) mass is 444 g/mol. The number of nitrogens with zero attached hydrogens (tertiary/aromatic N) is 1. The molecule has 10 heteroatoms. The molecule has 0 aromatic heterocycles. The molecule has 2 N–H and O–H groups in total. The van der Waals surface area contributed by atoms with Crippen LogP contribution in [0, 0.1) is 10.1 Å². The first-order valence-electron chi connectivity index (χ1n) is 9.85. The fourth-order valence-electron chi connectivity index (χ4n) is 3.06. The fraction of sp³-hybridized carbons (Fsp3) is 0.318. The number of carboxylic acid groups (broad SMARTS) is 1. The number of esters is 1. The molecule has 0 bridgehead atoms. The Balaban J connectivity index is 2.14. The average Bonchev–Trinajstić information content (AvgIpc) is 2.77. The van der Waals surface area contributed by atoms with E-state index in [0.29, 0.717) is 5.56 Å². The van der Waals surface area contributed by atoms with Gasteiger partial charge in [-0.1, -0.05) is 42.5 Å². The highest BCUT2D eigenvalue weighted by Gasteiger charge is 2.33. The van der Waals surface area contributed by atoms with Gasteiger partial charge in [0.25, 0.3) is 5.69 Å². The van der Waals surface area contributed by atoms with Crippen molar-refractivity contribution in [2.75, 3.05) is 13.2 Å². The van der Waals surface area contributed by atoms with E-state index in [4.69, 9.17) is 9.47 Å².